The van der Waals surface area contributed by atoms with Crippen LogP contribution in [0.2, 0.25) is 10.0 Å². The van der Waals surface area contributed by atoms with E-state index in [0.29, 0.717) is 16.5 Å². The van der Waals surface area contributed by atoms with Gasteiger partial charge in [-0.1, -0.05) is 29.3 Å². The molecule has 0 saturated heterocycles. The Morgan fingerprint density at radius 1 is 1.20 bits per heavy atom. The molecule has 0 spiro atoms. The molecule has 0 aliphatic carbocycles. The zero-order chi connectivity index (χ0) is 14.1. The van der Waals surface area contributed by atoms with Crippen LogP contribution >= 0.6 is 35.0 Å². The van der Waals surface area contributed by atoms with Crippen LogP contribution in [0.25, 0.3) is 0 Å². The van der Waals surface area contributed by atoms with Gasteiger partial charge in [0.2, 0.25) is 0 Å². The van der Waals surface area contributed by atoms with Gasteiger partial charge in [-0.3, -0.25) is 0 Å². The summed E-state index contributed by atoms with van der Waals surface area (Å²) < 4.78 is 0. The Balaban J connectivity index is 1.92. The fourth-order valence-corrected chi connectivity index (χ4v) is 3.58. The minimum absolute atomic E-state index is 0.565. The van der Waals surface area contributed by atoms with Crippen LogP contribution in [0.5, 0.6) is 0 Å². The Bertz CT molecular complexity index is 661. The van der Waals surface area contributed by atoms with Crippen molar-refractivity contribution < 1.29 is 0 Å². The lowest BCUT2D eigenvalue weighted by Crippen LogP contribution is -2.06. The molecule has 3 rings (SSSR count). The van der Waals surface area contributed by atoms with Crippen LogP contribution in [-0.2, 0) is 17.9 Å². The third-order valence-corrected chi connectivity index (χ3v) is 4.92. The summed E-state index contributed by atoms with van der Waals surface area (Å²) in [4.78, 5) is 9.26. The van der Waals surface area contributed by atoms with E-state index in [0.717, 1.165) is 34.4 Å². The monoisotopic (exact) mass is 325 g/mol. The smallest absolute Gasteiger partial charge is 0.135 e. The summed E-state index contributed by atoms with van der Waals surface area (Å²) in [5.41, 5.74) is 3.44. The summed E-state index contributed by atoms with van der Waals surface area (Å²) in [5, 5.41) is 4.29. The summed E-state index contributed by atoms with van der Waals surface area (Å²) in [5.74, 6) is 3.70. The number of hydrogen-bond acceptors (Lipinski definition) is 4. The average molecular weight is 326 g/mol. The molecule has 1 aromatic carbocycles. The van der Waals surface area contributed by atoms with Gasteiger partial charge in [-0.15, -0.1) is 0 Å². The van der Waals surface area contributed by atoms with Gasteiger partial charge in [0.05, 0.1) is 15.7 Å². The Morgan fingerprint density at radius 3 is 2.80 bits per heavy atom. The standard InChI is InChI=1S/C14H13Cl2N3S/c1-17-14-9-6-20-7-12(9)18-13(19-14)5-8-2-3-10(15)11(16)4-8/h2-4H,5-7H2,1H3,(H,17,18,19). The molecule has 0 radical (unpaired) electrons. The zero-order valence-corrected chi connectivity index (χ0v) is 13.2. The molecule has 3 nitrogen and oxygen atoms in total. The van der Waals surface area contributed by atoms with Gasteiger partial charge in [0, 0.05) is 30.5 Å². The van der Waals surface area contributed by atoms with E-state index in [1.54, 1.807) is 6.07 Å². The van der Waals surface area contributed by atoms with Gasteiger partial charge in [0.15, 0.2) is 0 Å². The molecule has 2 aromatic rings. The quantitative estimate of drug-likeness (QED) is 0.919. The lowest BCUT2D eigenvalue weighted by molar-refractivity contribution is 0.930. The predicted octanol–water partition coefficient (Wildman–Crippen LogP) is 4.16. The number of nitrogens with one attached hydrogen (secondary N) is 1. The molecule has 1 aliphatic rings. The SMILES string of the molecule is CNc1nc(Cc2ccc(Cl)c(Cl)c2)nc2c1CSC2. The Hall–Kier alpha value is -0.970. The summed E-state index contributed by atoms with van der Waals surface area (Å²) in [6.45, 7) is 0. The molecule has 104 valence electrons. The molecule has 0 unspecified atom stereocenters. The third-order valence-electron chi connectivity index (χ3n) is 3.21. The van der Waals surface area contributed by atoms with E-state index in [4.69, 9.17) is 23.2 Å². The second kappa shape index (κ2) is 5.80. The van der Waals surface area contributed by atoms with Crippen molar-refractivity contribution in [2.75, 3.05) is 12.4 Å². The first kappa shape index (κ1) is 14.0. The number of nitrogens with zero attached hydrogens (tertiary/aromatic N) is 2. The normalized spacial score (nSPS) is 13.3. The highest BCUT2D eigenvalue weighted by Crippen LogP contribution is 2.33. The molecule has 0 fully saturated rings. The molecule has 1 N–H and O–H groups in total. The molecule has 2 heterocycles. The van der Waals surface area contributed by atoms with Gasteiger partial charge in [-0.25, -0.2) is 9.97 Å². The number of anilines is 1. The molecule has 0 bridgehead atoms. The fourth-order valence-electron chi connectivity index (χ4n) is 2.22. The van der Waals surface area contributed by atoms with Crippen LogP contribution in [0.3, 0.4) is 0 Å². The molecule has 0 atom stereocenters. The highest BCUT2D eigenvalue weighted by molar-refractivity contribution is 7.98. The first-order valence-corrected chi connectivity index (χ1v) is 8.16. The predicted molar refractivity (Wildman–Crippen MR) is 85.8 cm³/mol. The van der Waals surface area contributed by atoms with Crippen LogP contribution in [0.4, 0.5) is 5.82 Å². The van der Waals surface area contributed by atoms with Crippen LogP contribution in [0.1, 0.15) is 22.6 Å². The fraction of sp³-hybridized carbons (Fsp3) is 0.286. The van der Waals surface area contributed by atoms with Gasteiger partial charge in [0.1, 0.15) is 11.6 Å². The highest BCUT2D eigenvalue weighted by atomic mass is 35.5. The van der Waals surface area contributed by atoms with E-state index >= 15 is 0 Å². The van der Waals surface area contributed by atoms with Crippen molar-refractivity contribution in [3.8, 4) is 0 Å². The van der Waals surface area contributed by atoms with Crippen molar-refractivity contribution >= 4 is 40.8 Å². The van der Waals surface area contributed by atoms with Crippen molar-refractivity contribution in [3.05, 3.63) is 50.9 Å². The van der Waals surface area contributed by atoms with Gasteiger partial charge in [-0.05, 0) is 17.7 Å². The van der Waals surface area contributed by atoms with E-state index in [-0.39, 0.29) is 0 Å². The number of halogens is 2. The number of thioether (sulfide) groups is 1. The maximum Gasteiger partial charge on any atom is 0.135 e. The van der Waals surface area contributed by atoms with Crippen LogP contribution in [0.15, 0.2) is 18.2 Å². The third kappa shape index (κ3) is 2.73. The van der Waals surface area contributed by atoms with E-state index in [2.05, 4.69) is 15.3 Å². The summed E-state index contributed by atoms with van der Waals surface area (Å²) in [7, 11) is 1.90. The maximum atomic E-state index is 6.04. The van der Waals surface area contributed by atoms with Gasteiger partial charge >= 0.3 is 0 Å². The van der Waals surface area contributed by atoms with Crippen molar-refractivity contribution in [1.82, 2.24) is 9.97 Å². The Morgan fingerprint density at radius 2 is 2.05 bits per heavy atom. The van der Waals surface area contributed by atoms with E-state index in [1.165, 1.54) is 5.56 Å². The number of fused-ring (bicyclic) bond motifs is 1. The number of rotatable bonds is 3. The highest BCUT2D eigenvalue weighted by Gasteiger charge is 2.19. The minimum Gasteiger partial charge on any atom is -0.373 e. The second-order valence-electron chi connectivity index (χ2n) is 4.58. The number of aromatic nitrogens is 2. The number of benzene rings is 1. The molecule has 1 aliphatic heterocycles. The summed E-state index contributed by atoms with van der Waals surface area (Å²) in [6, 6.07) is 5.63. The molecule has 0 saturated carbocycles. The Kier molecular flexibility index (Phi) is 4.06. The first-order valence-electron chi connectivity index (χ1n) is 6.25. The topological polar surface area (TPSA) is 37.8 Å². The molecule has 20 heavy (non-hydrogen) atoms. The van der Waals surface area contributed by atoms with Crippen molar-refractivity contribution in [1.29, 1.82) is 0 Å². The second-order valence-corrected chi connectivity index (χ2v) is 6.38. The van der Waals surface area contributed by atoms with Crippen molar-refractivity contribution in [3.63, 3.8) is 0 Å². The Labute approximate surface area is 132 Å². The van der Waals surface area contributed by atoms with E-state index in [9.17, 15) is 0 Å². The average Bonchev–Trinajstić information content (AvgIpc) is 2.90. The molecule has 1 aromatic heterocycles. The van der Waals surface area contributed by atoms with E-state index in [1.807, 2.05) is 30.9 Å². The van der Waals surface area contributed by atoms with Crippen molar-refractivity contribution in [2.24, 2.45) is 0 Å². The molecular weight excluding hydrogens is 313 g/mol. The lowest BCUT2D eigenvalue weighted by Gasteiger charge is -2.09. The largest absolute Gasteiger partial charge is 0.373 e. The van der Waals surface area contributed by atoms with Gasteiger partial charge < -0.3 is 5.32 Å². The summed E-state index contributed by atoms with van der Waals surface area (Å²) >= 11 is 13.8. The van der Waals surface area contributed by atoms with E-state index < -0.39 is 0 Å². The minimum atomic E-state index is 0.565. The van der Waals surface area contributed by atoms with Crippen molar-refractivity contribution in [2.45, 2.75) is 17.9 Å². The zero-order valence-electron chi connectivity index (χ0n) is 10.9. The van der Waals surface area contributed by atoms with Crippen LogP contribution in [0, 0.1) is 0 Å². The lowest BCUT2D eigenvalue weighted by atomic mass is 10.1. The molecular formula is C14H13Cl2N3S. The van der Waals surface area contributed by atoms with Gasteiger partial charge in [0.25, 0.3) is 0 Å². The molecule has 0 amide bonds. The number of hydrogen-bond donors (Lipinski definition) is 1. The van der Waals surface area contributed by atoms with Gasteiger partial charge in [-0.2, -0.15) is 11.8 Å². The molecule has 6 heteroatoms. The van der Waals surface area contributed by atoms with Crippen LogP contribution in [-0.4, -0.2) is 17.0 Å². The maximum absolute atomic E-state index is 6.04. The first-order chi connectivity index (χ1) is 9.67. The van der Waals surface area contributed by atoms with Crippen LogP contribution < -0.4 is 5.32 Å². The summed E-state index contributed by atoms with van der Waals surface area (Å²) in [6.07, 6.45) is 0.656.